The fraction of sp³-hybridized carbons (Fsp3) is 0.200. The lowest BCUT2D eigenvalue weighted by atomic mass is 10.1. The number of nitrogens with zero attached hydrogens (tertiary/aromatic N) is 3. The maximum Gasteiger partial charge on any atom is 0.339 e. The summed E-state index contributed by atoms with van der Waals surface area (Å²) in [5, 5.41) is 9.12. The predicted octanol–water partition coefficient (Wildman–Crippen LogP) is 2.26. The smallest absolute Gasteiger partial charge is 0.339 e. The number of carboxylic acid groups (broad SMARTS) is 1. The molecule has 0 aliphatic rings. The van der Waals surface area contributed by atoms with E-state index in [1.165, 1.54) is 0 Å². The minimum atomic E-state index is -1.000. The van der Waals surface area contributed by atoms with Crippen LogP contribution in [-0.2, 0) is 6.42 Å². The zero-order chi connectivity index (χ0) is 15.0. The number of aromatic amines is 1. The van der Waals surface area contributed by atoms with E-state index in [1.54, 1.807) is 13.8 Å². The second kappa shape index (κ2) is 4.97. The highest BCUT2D eigenvalue weighted by molar-refractivity contribution is 5.89. The maximum absolute atomic E-state index is 11.1. The Labute approximate surface area is 120 Å². The molecule has 3 rings (SSSR count). The van der Waals surface area contributed by atoms with E-state index in [0.29, 0.717) is 23.6 Å². The summed E-state index contributed by atoms with van der Waals surface area (Å²) in [6.07, 6.45) is 0.441. The summed E-state index contributed by atoms with van der Waals surface area (Å²) in [5.41, 5.74) is 2.97. The molecule has 6 nitrogen and oxygen atoms in total. The van der Waals surface area contributed by atoms with Crippen molar-refractivity contribution in [3.63, 3.8) is 0 Å². The Kier molecular flexibility index (Phi) is 3.13. The summed E-state index contributed by atoms with van der Waals surface area (Å²) in [5.74, 6) is 0.326. The number of imidazole rings is 1. The van der Waals surface area contributed by atoms with Gasteiger partial charge in [-0.15, -0.1) is 0 Å². The molecule has 21 heavy (non-hydrogen) atoms. The molecule has 2 aromatic heterocycles. The molecule has 3 aromatic rings. The second-order valence-electron chi connectivity index (χ2n) is 4.87. The van der Waals surface area contributed by atoms with Crippen molar-refractivity contribution in [2.45, 2.75) is 20.3 Å². The average molecular weight is 282 g/mol. The van der Waals surface area contributed by atoms with E-state index in [9.17, 15) is 4.79 Å². The van der Waals surface area contributed by atoms with Crippen LogP contribution in [0.15, 0.2) is 24.3 Å². The molecular formula is C15H14N4O2. The van der Waals surface area contributed by atoms with Crippen molar-refractivity contribution in [3.8, 4) is 0 Å². The number of para-hydroxylation sites is 2. The van der Waals surface area contributed by atoms with Gasteiger partial charge in [0.05, 0.1) is 28.8 Å². The van der Waals surface area contributed by atoms with E-state index >= 15 is 0 Å². The summed E-state index contributed by atoms with van der Waals surface area (Å²) < 4.78 is 0. The monoisotopic (exact) mass is 282 g/mol. The van der Waals surface area contributed by atoms with Crippen LogP contribution in [0, 0.1) is 13.8 Å². The number of aromatic carboxylic acids is 1. The molecule has 6 heteroatoms. The molecule has 0 aliphatic heterocycles. The van der Waals surface area contributed by atoms with Crippen LogP contribution in [-0.4, -0.2) is 31.0 Å². The van der Waals surface area contributed by atoms with Gasteiger partial charge in [-0.05, 0) is 26.0 Å². The third-order valence-corrected chi connectivity index (χ3v) is 3.29. The minimum Gasteiger partial charge on any atom is -0.478 e. The van der Waals surface area contributed by atoms with Gasteiger partial charge in [-0.2, -0.15) is 0 Å². The van der Waals surface area contributed by atoms with Crippen LogP contribution in [0.3, 0.4) is 0 Å². The number of hydrogen-bond acceptors (Lipinski definition) is 4. The minimum absolute atomic E-state index is 0.170. The number of carbonyl (C=O) groups is 1. The lowest BCUT2D eigenvalue weighted by Gasteiger charge is -2.06. The third-order valence-electron chi connectivity index (χ3n) is 3.29. The number of fused-ring (bicyclic) bond motifs is 1. The molecule has 0 atom stereocenters. The Bertz CT molecular complexity index is 783. The normalized spacial score (nSPS) is 11.0. The molecule has 0 unspecified atom stereocenters. The highest BCUT2D eigenvalue weighted by Gasteiger charge is 2.15. The molecular weight excluding hydrogens is 268 g/mol. The number of rotatable bonds is 3. The van der Waals surface area contributed by atoms with Crippen molar-refractivity contribution in [3.05, 3.63) is 52.9 Å². The second-order valence-corrected chi connectivity index (χ2v) is 4.87. The van der Waals surface area contributed by atoms with E-state index in [0.717, 1.165) is 16.9 Å². The highest BCUT2D eigenvalue weighted by atomic mass is 16.4. The van der Waals surface area contributed by atoms with Gasteiger partial charge in [-0.3, -0.25) is 0 Å². The molecule has 0 saturated carbocycles. The van der Waals surface area contributed by atoms with Gasteiger partial charge in [-0.1, -0.05) is 12.1 Å². The largest absolute Gasteiger partial charge is 0.478 e. The standard InChI is InChI=1S/C15H14N4O2/c1-8-14(15(20)21)9(2)17-12(16-8)7-13-18-10-5-3-4-6-11(10)19-13/h3-6H,7H2,1-2H3,(H,18,19)(H,20,21). The van der Waals surface area contributed by atoms with Crippen molar-refractivity contribution in [1.82, 2.24) is 19.9 Å². The van der Waals surface area contributed by atoms with Crippen LogP contribution < -0.4 is 0 Å². The lowest BCUT2D eigenvalue weighted by molar-refractivity contribution is 0.0694. The van der Waals surface area contributed by atoms with Gasteiger partial charge in [0.1, 0.15) is 17.2 Å². The van der Waals surface area contributed by atoms with E-state index < -0.39 is 5.97 Å². The first-order chi connectivity index (χ1) is 10.0. The van der Waals surface area contributed by atoms with Crippen LogP contribution in [0.2, 0.25) is 0 Å². The van der Waals surface area contributed by atoms with Gasteiger partial charge < -0.3 is 10.1 Å². The Balaban J connectivity index is 1.96. The van der Waals surface area contributed by atoms with Gasteiger partial charge in [0, 0.05) is 0 Å². The number of hydrogen-bond donors (Lipinski definition) is 2. The number of nitrogens with one attached hydrogen (secondary N) is 1. The maximum atomic E-state index is 11.1. The van der Waals surface area contributed by atoms with Gasteiger partial charge >= 0.3 is 5.97 Å². The molecule has 2 heterocycles. The van der Waals surface area contributed by atoms with Crippen molar-refractivity contribution in [2.24, 2.45) is 0 Å². The SMILES string of the molecule is Cc1nc(Cc2nc3ccccc3[nH]2)nc(C)c1C(=O)O. The average Bonchev–Trinajstić information content (AvgIpc) is 2.79. The van der Waals surface area contributed by atoms with Crippen LogP contribution >= 0.6 is 0 Å². The number of H-pyrrole nitrogens is 1. The van der Waals surface area contributed by atoms with Gasteiger partial charge in [0.25, 0.3) is 0 Å². The summed E-state index contributed by atoms with van der Waals surface area (Å²) in [7, 11) is 0. The van der Waals surface area contributed by atoms with Crippen molar-refractivity contribution in [2.75, 3.05) is 0 Å². The Morgan fingerprint density at radius 1 is 1.14 bits per heavy atom. The Morgan fingerprint density at radius 2 is 1.81 bits per heavy atom. The van der Waals surface area contributed by atoms with Gasteiger partial charge in [0.15, 0.2) is 0 Å². The van der Waals surface area contributed by atoms with Gasteiger partial charge in [0.2, 0.25) is 0 Å². The Morgan fingerprint density at radius 3 is 2.43 bits per heavy atom. The predicted molar refractivity (Wildman–Crippen MR) is 77.4 cm³/mol. The van der Waals surface area contributed by atoms with E-state index in [2.05, 4.69) is 19.9 Å². The summed E-state index contributed by atoms with van der Waals surface area (Å²) in [6, 6.07) is 7.76. The fourth-order valence-corrected chi connectivity index (χ4v) is 2.41. The molecule has 0 radical (unpaired) electrons. The molecule has 0 amide bonds. The fourth-order valence-electron chi connectivity index (χ4n) is 2.41. The van der Waals surface area contributed by atoms with Gasteiger partial charge in [-0.25, -0.2) is 19.7 Å². The number of aromatic nitrogens is 4. The summed E-state index contributed by atoms with van der Waals surface area (Å²) in [4.78, 5) is 27.4. The first-order valence-corrected chi connectivity index (χ1v) is 6.55. The molecule has 0 fully saturated rings. The summed E-state index contributed by atoms with van der Waals surface area (Å²) in [6.45, 7) is 3.36. The van der Waals surface area contributed by atoms with E-state index in [1.807, 2.05) is 24.3 Å². The number of carboxylic acids is 1. The molecule has 2 N–H and O–H groups in total. The third kappa shape index (κ3) is 2.47. The molecule has 106 valence electrons. The Hall–Kier alpha value is -2.76. The van der Waals surface area contributed by atoms with Crippen molar-refractivity contribution >= 4 is 17.0 Å². The zero-order valence-electron chi connectivity index (χ0n) is 11.7. The van der Waals surface area contributed by atoms with Crippen LogP contribution in [0.5, 0.6) is 0 Å². The molecule has 1 aromatic carbocycles. The number of aryl methyl sites for hydroxylation is 2. The molecule has 0 saturated heterocycles. The lowest BCUT2D eigenvalue weighted by Crippen LogP contribution is -2.10. The van der Waals surface area contributed by atoms with E-state index in [4.69, 9.17) is 5.11 Å². The topological polar surface area (TPSA) is 91.8 Å². The molecule has 0 spiro atoms. The van der Waals surface area contributed by atoms with Crippen LogP contribution in [0.25, 0.3) is 11.0 Å². The first-order valence-electron chi connectivity index (χ1n) is 6.55. The highest BCUT2D eigenvalue weighted by Crippen LogP contribution is 2.14. The number of benzene rings is 1. The van der Waals surface area contributed by atoms with E-state index in [-0.39, 0.29) is 5.56 Å². The van der Waals surface area contributed by atoms with Crippen LogP contribution in [0.1, 0.15) is 33.4 Å². The van der Waals surface area contributed by atoms with Crippen molar-refractivity contribution in [1.29, 1.82) is 0 Å². The van der Waals surface area contributed by atoms with Crippen molar-refractivity contribution < 1.29 is 9.90 Å². The first kappa shape index (κ1) is 13.2. The zero-order valence-corrected chi connectivity index (χ0v) is 11.7. The summed E-state index contributed by atoms with van der Waals surface area (Å²) >= 11 is 0. The van der Waals surface area contributed by atoms with Crippen LogP contribution in [0.4, 0.5) is 0 Å². The molecule has 0 aliphatic carbocycles. The molecule has 0 bridgehead atoms. The quantitative estimate of drug-likeness (QED) is 0.768.